The number of rotatable bonds is 5. The SMILES string of the molecule is Cn1cc(CN2CCC(CNC3CC3)CC2)cn1. The van der Waals surface area contributed by atoms with E-state index in [1.807, 2.05) is 17.9 Å². The Hall–Kier alpha value is -0.870. The molecule has 2 fully saturated rings. The maximum atomic E-state index is 4.23. The van der Waals surface area contributed by atoms with Crippen molar-refractivity contribution in [2.75, 3.05) is 19.6 Å². The van der Waals surface area contributed by atoms with Crippen LogP contribution in [0.4, 0.5) is 0 Å². The Balaban J connectivity index is 1.39. The minimum absolute atomic E-state index is 0.860. The number of aromatic nitrogens is 2. The largest absolute Gasteiger partial charge is 0.314 e. The Bertz CT molecular complexity index is 375. The molecule has 0 unspecified atom stereocenters. The lowest BCUT2D eigenvalue weighted by Crippen LogP contribution is -2.37. The van der Waals surface area contributed by atoms with Crippen LogP contribution in [0.15, 0.2) is 12.4 Å². The van der Waals surface area contributed by atoms with Gasteiger partial charge in [-0.15, -0.1) is 0 Å². The van der Waals surface area contributed by atoms with E-state index in [0.29, 0.717) is 0 Å². The molecule has 1 aromatic rings. The van der Waals surface area contributed by atoms with E-state index in [4.69, 9.17) is 0 Å². The van der Waals surface area contributed by atoms with Gasteiger partial charge in [0.25, 0.3) is 0 Å². The molecule has 0 bridgehead atoms. The molecule has 1 aromatic heterocycles. The van der Waals surface area contributed by atoms with Crippen LogP contribution < -0.4 is 5.32 Å². The maximum absolute atomic E-state index is 4.23. The highest BCUT2D eigenvalue weighted by Gasteiger charge is 2.24. The normalized spacial score (nSPS) is 22.5. The van der Waals surface area contributed by atoms with Crippen molar-refractivity contribution in [2.24, 2.45) is 13.0 Å². The first-order chi connectivity index (χ1) is 8.79. The Morgan fingerprint density at radius 2 is 2.06 bits per heavy atom. The molecule has 1 saturated heterocycles. The molecule has 4 nitrogen and oxygen atoms in total. The molecule has 2 aliphatic rings. The Labute approximate surface area is 109 Å². The summed E-state index contributed by atoms with van der Waals surface area (Å²) in [5, 5.41) is 7.90. The summed E-state index contributed by atoms with van der Waals surface area (Å²) in [7, 11) is 1.99. The molecule has 100 valence electrons. The van der Waals surface area contributed by atoms with Gasteiger partial charge < -0.3 is 5.32 Å². The molecule has 1 aliphatic carbocycles. The van der Waals surface area contributed by atoms with E-state index in [1.54, 1.807) is 0 Å². The second kappa shape index (κ2) is 5.41. The van der Waals surface area contributed by atoms with E-state index in [2.05, 4.69) is 21.5 Å². The van der Waals surface area contributed by atoms with Crippen molar-refractivity contribution >= 4 is 0 Å². The fourth-order valence-electron chi connectivity index (χ4n) is 2.78. The van der Waals surface area contributed by atoms with Gasteiger partial charge in [-0.1, -0.05) is 0 Å². The second-order valence-corrected chi connectivity index (χ2v) is 5.92. The lowest BCUT2D eigenvalue weighted by Gasteiger charge is -2.31. The highest BCUT2D eigenvalue weighted by Crippen LogP contribution is 2.22. The van der Waals surface area contributed by atoms with Crippen LogP contribution in [0.1, 0.15) is 31.2 Å². The topological polar surface area (TPSA) is 33.1 Å². The van der Waals surface area contributed by atoms with Crippen LogP contribution in [0.5, 0.6) is 0 Å². The van der Waals surface area contributed by atoms with Crippen molar-refractivity contribution < 1.29 is 0 Å². The fourth-order valence-corrected chi connectivity index (χ4v) is 2.78. The van der Waals surface area contributed by atoms with E-state index in [1.165, 1.54) is 50.9 Å². The number of aryl methyl sites for hydroxylation is 1. The van der Waals surface area contributed by atoms with Crippen LogP contribution in [-0.2, 0) is 13.6 Å². The maximum Gasteiger partial charge on any atom is 0.0534 e. The van der Waals surface area contributed by atoms with Gasteiger partial charge in [-0.05, 0) is 51.2 Å². The summed E-state index contributed by atoms with van der Waals surface area (Å²) in [5.74, 6) is 0.899. The molecule has 0 atom stereocenters. The molecule has 0 spiro atoms. The summed E-state index contributed by atoms with van der Waals surface area (Å²) in [6.45, 7) is 4.79. The van der Waals surface area contributed by atoms with Gasteiger partial charge in [0.1, 0.15) is 0 Å². The van der Waals surface area contributed by atoms with E-state index < -0.39 is 0 Å². The predicted octanol–water partition coefficient (Wildman–Crippen LogP) is 1.38. The Morgan fingerprint density at radius 3 is 2.67 bits per heavy atom. The number of piperidine rings is 1. The Kier molecular flexibility index (Phi) is 3.66. The summed E-state index contributed by atoms with van der Waals surface area (Å²) in [6.07, 6.45) is 9.61. The Morgan fingerprint density at radius 1 is 1.28 bits per heavy atom. The van der Waals surface area contributed by atoms with Crippen LogP contribution in [0.25, 0.3) is 0 Å². The number of nitrogens with one attached hydrogen (secondary N) is 1. The van der Waals surface area contributed by atoms with Crippen LogP contribution >= 0.6 is 0 Å². The standard InChI is InChI=1S/C14H24N4/c1-17-10-13(9-16-17)11-18-6-4-12(5-7-18)8-15-14-2-3-14/h9-10,12,14-15H,2-8,11H2,1H3. The molecular weight excluding hydrogens is 224 g/mol. The average Bonchev–Trinajstić information content (AvgIpc) is 3.12. The molecule has 4 heteroatoms. The third-order valence-corrected chi connectivity index (χ3v) is 4.14. The minimum atomic E-state index is 0.860. The van der Waals surface area contributed by atoms with E-state index in [0.717, 1.165) is 18.5 Å². The van der Waals surface area contributed by atoms with Crippen molar-refractivity contribution in [2.45, 2.75) is 38.3 Å². The van der Waals surface area contributed by atoms with Gasteiger partial charge in [0, 0.05) is 31.4 Å². The molecule has 1 saturated carbocycles. The van der Waals surface area contributed by atoms with Gasteiger partial charge in [0.2, 0.25) is 0 Å². The molecule has 3 rings (SSSR count). The van der Waals surface area contributed by atoms with Crippen molar-refractivity contribution in [3.8, 4) is 0 Å². The van der Waals surface area contributed by atoms with Crippen molar-refractivity contribution in [3.05, 3.63) is 18.0 Å². The van der Waals surface area contributed by atoms with E-state index in [9.17, 15) is 0 Å². The number of nitrogens with zero attached hydrogens (tertiary/aromatic N) is 3. The smallest absolute Gasteiger partial charge is 0.0534 e. The molecule has 1 N–H and O–H groups in total. The average molecular weight is 248 g/mol. The lowest BCUT2D eigenvalue weighted by molar-refractivity contribution is 0.175. The van der Waals surface area contributed by atoms with Crippen LogP contribution in [0, 0.1) is 5.92 Å². The third kappa shape index (κ3) is 3.33. The minimum Gasteiger partial charge on any atom is -0.314 e. The van der Waals surface area contributed by atoms with Gasteiger partial charge in [-0.3, -0.25) is 9.58 Å². The summed E-state index contributed by atoms with van der Waals surface area (Å²) in [4.78, 5) is 2.56. The van der Waals surface area contributed by atoms with Gasteiger partial charge >= 0.3 is 0 Å². The summed E-state index contributed by atoms with van der Waals surface area (Å²) in [6, 6.07) is 0.860. The zero-order chi connectivity index (χ0) is 12.4. The molecule has 0 aromatic carbocycles. The highest BCUT2D eigenvalue weighted by molar-refractivity contribution is 5.03. The first-order valence-corrected chi connectivity index (χ1v) is 7.23. The van der Waals surface area contributed by atoms with Crippen molar-refractivity contribution in [1.29, 1.82) is 0 Å². The molecule has 18 heavy (non-hydrogen) atoms. The zero-order valence-electron chi connectivity index (χ0n) is 11.3. The number of hydrogen-bond acceptors (Lipinski definition) is 3. The number of likely N-dealkylation sites (tertiary alicyclic amines) is 1. The molecular formula is C14H24N4. The van der Waals surface area contributed by atoms with E-state index >= 15 is 0 Å². The quantitative estimate of drug-likeness (QED) is 0.854. The van der Waals surface area contributed by atoms with Gasteiger partial charge in [0.15, 0.2) is 0 Å². The molecule has 0 amide bonds. The van der Waals surface area contributed by atoms with Gasteiger partial charge in [-0.2, -0.15) is 5.10 Å². The van der Waals surface area contributed by atoms with E-state index in [-0.39, 0.29) is 0 Å². The van der Waals surface area contributed by atoms with Crippen LogP contribution in [-0.4, -0.2) is 40.4 Å². The number of hydrogen-bond donors (Lipinski definition) is 1. The zero-order valence-corrected chi connectivity index (χ0v) is 11.3. The van der Waals surface area contributed by atoms with Crippen molar-refractivity contribution in [1.82, 2.24) is 20.0 Å². The van der Waals surface area contributed by atoms with Crippen LogP contribution in [0.2, 0.25) is 0 Å². The van der Waals surface area contributed by atoms with Gasteiger partial charge in [-0.25, -0.2) is 0 Å². The van der Waals surface area contributed by atoms with Crippen LogP contribution in [0.3, 0.4) is 0 Å². The first-order valence-electron chi connectivity index (χ1n) is 7.23. The summed E-state index contributed by atoms with van der Waals surface area (Å²) in [5.41, 5.74) is 1.34. The first kappa shape index (κ1) is 12.2. The monoisotopic (exact) mass is 248 g/mol. The third-order valence-electron chi connectivity index (χ3n) is 4.14. The second-order valence-electron chi connectivity index (χ2n) is 5.92. The fraction of sp³-hybridized carbons (Fsp3) is 0.786. The van der Waals surface area contributed by atoms with Gasteiger partial charge in [0.05, 0.1) is 6.20 Å². The molecule has 0 radical (unpaired) electrons. The summed E-state index contributed by atoms with van der Waals surface area (Å²) < 4.78 is 1.89. The highest BCUT2D eigenvalue weighted by atomic mass is 15.2. The molecule has 2 heterocycles. The summed E-state index contributed by atoms with van der Waals surface area (Å²) >= 11 is 0. The lowest BCUT2D eigenvalue weighted by atomic mass is 9.96. The molecule has 1 aliphatic heterocycles. The van der Waals surface area contributed by atoms with Crippen molar-refractivity contribution in [3.63, 3.8) is 0 Å². The predicted molar refractivity (Wildman–Crippen MR) is 72.2 cm³/mol.